The maximum absolute atomic E-state index is 11.7. The monoisotopic (exact) mass is 310 g/mol. The van der Waals surface area contributed by atoms with Crippen LogP contribution < -0.4 is 5.32 Å². The summed E-state index contributed by atoms with van der Waals surface area (Å²) in [6.07, 6.45) is 4.87. The number of nitrogens with zero attached hydrogens (tertiary/aromatic N) is 1. The molecule has 1 heterocycles. The lowest BCUT2D eigenvalue weighted by molar-refractivity contribution is -0.139. The molecule has 0 amide bonds. The van der Waals surface area contributed by atoms with Gasteiger partial charge in [0.25, 0.3) is 0 Å². The third-order valence-electron chi connectivity index (χ3n) is 3.12. The quantitative estimate of drug-likeness (QED) is 0.384. The molecule has 0 atom stereocenters. The van der Waals surface area contributed by atoms with Gasteiger partial charge in [-0.2, -0.15) is 0 Å². The number of nitrogens with one attached hydrogen (secondary N) is 1. The van der Waals surface area contributed by atoms with Crippen LogP contribution in [0.25, 0.3) is 11.1 Å². The largest absolute Gasteiger partial charge is 0.462 e. The molecule has 0 bridgehead atoms. The fourth-order valence-corrected chi connectivity index (χ4v) is 1.99. The molecule has 23 heavy (non-hydrogen) atoms. The zero-order valence-electron chi connectivity index (χ0n) is 13.1. The van der Waals surface area contributed by atoms with E-state index in [9.17, 15) is 9.59 Å². The second kappa shape index (κ2) is 7.89. The van der Waals surface area contributed by atoms with Gasteiger partial charge in [0, 0.05) is 29.8 Å². The van der Waals surface area contributed by atoms with Crippen molar-refractivity contribution in [1.82, 2.24) is 4.98 Å². The van der Waals surface area contributed by atoms with E-state index >= 15 is 0 Å². The highest BCUT2D eigenvalue weighted by atomic mass is 16.5. The van der Waals surface area contributed by atoms with Gasteiger partial charge in [-0.05, 0) is 37.6 Å². The Hall–Kier alpha value is -2.95. The Morgan fingerprint density at radius 2 is 2.00 bits per heavy atom. The average molecular weight is 310 g/mol. The lowest BCUT2D eigenvalue weighted by Crippen LogP contribution is -2.15. The maximum atomic E-state index is 11.7. The molecule has 0 aliphatic rings. The molecule has 2 rings (SSSR count). The molecule has 0 radical (unpaired) electrons. The number of pyridine rings is 1. The Kier molecular flexibility index (Phi) is 5.63. The number of hydrogen-bond donors (Lipinski definition) is 1. The first-order valence-corrected chi connectivity index (χ1v) is 7.27. The van der Waals surface area contributed by atoms with Crippen molar-refractivity contribution in [3.05, 3.63) is 60.6 Å². The number of Topliss-reactive ketones (excluding diaryl/α,β-unsaturated/α-hetero) is 1. The van der Waals surface area contributed by atoms with Crippen LogP contribution in [0.5, 0.6) is 0 Å². The van der Waals surface area contributed by atoms with Crippen LogP contribution >= 0.6 is 0 Å². The van der Waals surface area contributed by atoms with E-state index in [1.807, 2.05) is 36.4 Å². The molecule has 0 aliphatic carbocycles. The predicted molar refractivity (Wildman–Crippen MR) is 88.7 cm³/mol. The summed E-state index contributed by atoms with van der Waals surface area (Å²) in [5.74, 6) is -0.977. The van der Waals surface area contributed by atoms with Crippen molar-refractivity contribution in [2.24, 2.45) is 0 Å². The standard InChI is InChI=1S/C18H18N2O3/c1-3-23-18(22)17(13(2)21)12-20-16-8-4-6-14(10-16)15-7-5-9-19-11-15/h4-12,20H,3H2,1-2H3. The van der Waals surface area contributed by atoms with Crippen molar-refractivity contribution in [3.8, 4) is 11.1 Å². The topological polar surface area (TPSA) is 68.3 Å². The van der Waals surface area contributed by atoms with Crippen LogP contribution in [0.3, 0.4) is 0 Å². The molecular weight excluding hydrogens is 292 g/mol. The first-order chi connectivity index (χ1) is 11.1. The van der Waals surface area contributed by atoms with Crippen LogP contribution in [0.2, 0.25) is 0 Å². The number of esters is 1. The molecule has 0 fully saturated rings. The van der Waals surface area contributed by atoms with Crippen LogP contribution in [0.4, 0.5) is 5.69 Å². The van der Waals surface area contributed by atoms with Crippen LogP contribution in [0.1, 0.15) is 13.8 Å². The van der Waals surface area contributed by atoms with Gasteiger partial charge in [-0.15, -0.1) is 0 Å². The van der Waals surface area contributed by atoms with E-state index in [-0.39, 0.29) is 18.0 Å². The number of ketones is 1. The minimum absolute atomic E-state index is 0.0152. The first-order valence-electron chi connectivity index (χ1n) is 7.27. The molecule has 2 aromatic rings. The van der Waals surface area contributed by atoms with Crippen LogP contribution in [0, 0.1) is 0 Å². The van der Waals surface area contributed by atoms with Crippen LogP contribution in [0.15, 0.2) is 60.6 Å². The molecular formula is C18H18N2O3. The molecule has 5 heteroatoms. The van der Waals surface area contributed by atoms with E-state index in [0.29, 0.717) is 0 Å². The maximum Gasteiger partial charge on any atom is 0.343 e. The Balaban J connectivity index is 2.21. The summed E-state index contributed by atoms with van der Waals surface area (Å²) >= 11 is 0. The number of hydrogen-bond acceptors (Lipinski definition) is 5. The van der Waals surface area contributed by atoms with Gasteiger partial charge in [0.15, 0.2) is 5.78 Å². The first kappa shape index (κ1) is 16.4. The highest BCUT2D eigenvalue weighted by molar-refractivity contribution is 6.16. The number of carbonyl (C=O) groups is 2. The van der Waals surface area contributed by atoms with Crippen molar-refractivity contribution in [1.29, 1.82) is 0 Å². The van der Waals surface area contributed by atoms with Gasteiger partial charge in [0.2, 0.25) is 0 Å². The summed E-state index contributed by atoms with van der Waals surface area (Å²) in [7, 11) is 0. The normalized spacial score (nSPS) is 11.0. The average Bonchev–Trinajstić information content (AvgIpc) is 2.56. The summed E-state index contributed by atoms with van der Waals surface area (Å²) in [5.41, 5.74) is 2.71. The lowest BCUT2D eigenvalue weighted by Gasteiger charge is -2.07. The molecule has 1 N–H and O–H groups in total. The molecule has 5 nitrogen and oxygen atoms in total. The zero-order valence-corrected chi connectivity index (χ0v) is 13.1. The predicted octanol–water partition coefficient (Wildman–Crippen LogP) is 3.20. The Bertz CT molecular complexity index is 724. The lowest BCUT2D eigenvalue weighted by atomic mass is 10.1. The molecule has 118 valence electrons. The van der Waals surface area contributed by atoms with Gasteiger partial charge < -0.3 is 10.1 Å². The Morgan fingerprint density at radius 1 is 1.22 bits per heavy atom. The van der Waals surface area contributed by atoms with Crippen molar-refractivity contribution in [2.45, 2.75) is 13.8 Å². The smallest absolute Gasteiger partial charge is 0.343 e. The fourth-order valence-electron chi connectivity index (χ4n) is 1.99. The number of benzene rings is 1. The Labute approximate surface area is 135 Å². The van der Waals surface area contributed by atoms with Gasteiger partial charge in [-0.1, -0.05) is 18.2 Å². The molecule has 0 spiro atoms. The van der Waals surface area contributed by atoms with Gasteiger partial charge in [-0.25, -0.2) is 4.79 Å². The van der Waals surface area contributed by atoms with Gasteiger partial charge in [-0.3, -0.25) is 9.78 Å². The number of carbonyl (C=O) groups excluding carboxylic acids is 2. The van der Waals surface area contributed by atoms with E-state index in [1.54, 1.807) is 19.3 Å². The summed E-state index contributed by atoms with van der Waals surface area (Å²) in [4.78, 5) is 27.4. The van der Waals surface area contributed by atoms with E-state index in [0.717, 1.165) is 16.8 Å². The van der Waals surface area contributed by atoms with Crippen molar-refractivity contribution in [3.63, 3.8) is 0 Å². The van der Waals surface area contributed by atoms with E-state index < -0.39 is 5.97 Å². The van der Waals surface area contributed by atoms with Crippen molar-refractivity contribution in [2.75, 3.05) is 11.9 Å². The number of aromatic nitrogens is 1. The third-order valence-corrected chi connectivity index (χ3v) is 3.12. The molecule has 0 saturated carbocycles. The van der Waals surface area contributed by atoms with Crippen molar-refractivity contribution < 1.29 is 14.3 Å². The van der Waals surface area contributed by atoms with Gasteiger partial charge in [0.05, 0.1) is 6.61 Å². The highest BCUT2D eigenvalue weighted by Crippen LogP contribution is 2.21. The minimum atomic E-state index is -0.629. The van der Waals surface area contributed by atoms with Crippen molar-refractivity contribution >= 4 is 17.4 Å². The Morgan fingerprint density at radius 3 is 2.65 bits per heavy atom. The highest BCUT2D eigenvalue weighted by Gasteiger charge is 2.15. The SMILES string of the molecule is CCOC(=O)C(=CNc1cccc(-c2cccnc2)c1)C(C)=O. The van der Waals surface area contributed by atoms with Crippen LogP contribution in [-0.4, -0.2) is 23.3 Å². The van der Waals surface area contributed by atoms with Gasteiger partial charge >= 0.3 is 5.97 Å². The van der Waals surface area contributed by atoms with E-state index in [1.165, 1.54) is 13.1 Å². The van der Waals surface area contributed by atoms with E-state index in [2.05, 4.69) is 10.3 Å². The zero-order chi connectivity index (χ0) is 16.7. The second-order valence-corrected chi connectivity index (χ2v) is 4.80. The van der Waals surface area contributed by atoms with E-state index in [4.69, 9.17) is 4.74 Å². The molecule has 0 aliphatic heterocycles. The van der Waals surface area contributed by atoms with Crippen LogP contribution in [-0.2, 0) is 14.3 Å². The molecule has 0 unspecified atom stereocenters. The summed E-state index contributed by atoms with van der Waals surface area (Å²) < 4.78 is 4.87. The second-order valence-electron chi connectivity index (χ2n) is 4.80. The summed E-state index contributed by atoms with van der Waals surface area (Å²) in [6, 6.07) is 11.4. The molecule has 0 saturated heterocycles. The molecule has 1 aromatic heterocycles. The number of rotatable bonds is 6. The number of ether oxygens (including phenoxy) is 1. The fraction of sp³-hybridized carbons (Fsp3) is 0.167. The molecule has 1 aromatic carbocycles. The summed E-state index contributed by atoms with van der Waals surface area (Å²) in [6.45, 7) is 3.25. The number of anilines is 1. The van der Waals surface area contributed by atoms with Gasteiger partial charge in [0.1, 0.15) is 5.57 Å². The third kappa shape index (κ3) is 4.51. The summed E-state index contributed by atoms with van der Waals surface area (Å²) in [5, 5.41) is 2.97. The minimum Gasteiger partial charge on any atom is -0.462 e.